The lowest BCUT2D eigenvalue weighted by Crippen LogP contribution is -2.20. The number of nitrogens with zero attached hydrogens (tertiary/aromatic N) is 4. The van der Waals surface area contributed by atoms with Crippen LogP contribution in [0.1, 0.15) is 5.89 Å². The van der Waals surface area contributed by atoms with Crippen LogP contribution in [0.2, 0.25) is 0 Å². The topological polar surface area (TPSA) is 94.2 Å². The van der Waals surface area contributed by atoms with Crippen molar-refractivity contribution in [1.29, 1.82) is 0 Å². The van der Waals surface area contributed by atoms with Crippen LogP contribution in [-0.2, 0) is 6.42 Å². The van der Waals surface area contributed by atoms with E-state index in [2.05, 4.69) is 20.1 Å². The largest absolute Gasteiger partial charge is 0.481 e. The minimum atomic E-state index is -2.87. The van der Waals surface area contributed by atoms with Gasteiger partial charge in [0.15, 0.2) is 0 Å². The van der Waals surface area contributed by atoms with Gasteiger partial charge in [-0.1, -0.05) is 5.16 Å². The molecule has 0 aliphatic rings. The van der Waals surface area contributed by atoms with Crippen molar-refractivity contribution >= 4 is 0 Å². The summed E-state index contributed by atoms with van der Waals surface area (Å²) >= 11 is 0. The molecule has 0 aliphatic heterocycles. The van der Waals surface area contributed by atoms with Crippen molar-refractivity contribution in [2.75, 3.05) is 7.11 Å². The number of hydrogen-bond donors (Lipinski definition) is 1. The number of hydrogen-bond acceptors (Lipinski definition) is 7. The molecular formula is C10H10F2N4O3. The van der Waals surface area contributed by atoms with Gasteiger partial charge in [-0.3, -0.25) is 0 Å². The summed E-state index contributed by atoms with van der Waals surface area (Å²) in [4.78, 5) is 11.6. The molecule has 0 aliphatic carbocycles. The second kappa shape index (κ2) is 5.65. The monoisotopic (exact) mass is 272 g/mol. The number of aliphatic hydroxyl groups is 1. The van der Waals surface area contributed by atoms with E-state index in [0.717, 1.165) is 0 Å². The lowest BCUT2D eigenvalue weighted by atomic mass is 10.2. The molecule has 0 fully saturated rings. The van der Waals surface area contributed by atoms with Gasteiger partial charge in [0.25, 0.3) is 6.43 Å². The van der Waals surface area contributed by atoms with E-state index >= 15 is 0 Å². The smallest absolute Gasteiger partial charge is 0.264 e. The van der Waals surface area contributed by atoms with Crippen LogP contribution in [-0.4, -0.2) is 44.9 Å². The van der Waals surface area contributed by atoms with E-state index in [1.165, 1.54) is 19.5 Å². The first kappa shape index (κ1) is 13.3. The molecule has 102 valence electrons. The fraction of sp³-hybridized carbons (Fsp3) is 0.400. The van der Waals surface area contributed by atoms with Crippen molar-refractivity contribution in [2.24, 2.45) is 0 Å². The highest BCUT2D eigenvalue weighted by atomic mass is 19.3. The highest BCUT2D eigenvalue weighted by molar-refractivity contribution is 5.49. The van der Waals surface area contributed by atoms with Gasteiger partial charge in [-0.2, -0.15) is 4.98 Å². The van der Waals surface area contributed by atoms with Crippen LogP contribution >= 0.6 is 0 Å². The minimum Gasteiger partial charge on any atom is -0.481 e. The summed E-state index contributed by atoms with van der Waals surface area (Å²) in [7, 11) is 1.44. The Kier molecular flexibility index (Phi) is 3.95. The summed E-state index contributed by atoms with van der Waals surface area (Å²) in [6.07, 6.45) is -3.88. The summed E-state index contributed by atoms with van der Waals surface area (Å²) in [5, 5.41) is 12.6. The van der Waals surface area contributed by atoms with E-state index < -0.39 is 19.0 Å². The SMILES string of the molecule is COc1cc(-c2noc(CC(O)C(F)F)n2)ncn1. The highest BCUT2D eigenvalue weighted by Crippen LogP contribution is 2.17. The molecule has 9 heteroatoms. The van der Waals surface area contributed by atoms with Crippen molar-refractivity contribution in [1.82, 2.24) is 20.1 Å². The Hall–Kier alpha value is -2.16. The maximum Gasteiger partial charge on any atom is 0.264 e. The van der Waals surface area contributed by atoms with Crippen molar-refractivity contribution in [3.63, 3.8) is 0 Å². The highest BCUT2D eigenvalue weighted by Gasteiger charge is 2.21. The van der Waals surface area contributed by atoms with E-state index in [0.29, 0.717) is 11.6 Å². The van der Waals surface area contributed by atoms with E-state index in [1.54, 1.807) is 0 Å². The minimum absolute atomic E-state index is 0.0969. The summed E-state index contributed by atoms with van der Waals surface area (Å²) in [5.74, 6) is 0.321. The molecule has 7 nitrogen and oxygen atoms in total. The van der Waals surface area contributed by atoms with E-state index in [-0.39, 0.29) is 11.7 Å². The molecule has 1 N–H and O–H groups in total. The summed E-state index contributed by atoms with van der Waals surface area (Å²) in [5.41, 5.74) is 0.327. The number of rotatable bonds is 5. The van der Waals surface area contributed by atoms with Crippen molar-refractivity contribution in [3.8, 4) is 17.4 Å². The lowest BCUT2D eigenvalue weighted by molar-refractivity contribution is -0.00754. The lowest BCUT2D eigenvalue weighted by Gasteiger charge is -2.04. The molecule has 0 radical (unpaired) electrons. The predicted octanol–water partition coefficient (Wildman–Crippen LogP) is 0.704. The van der Waals surface area contributed by atoms with Gasteiger partial charge >= 0.3 is 0 Å². The molecule has 2 heterocycles. The van der Waals surface area contributed by atoms with Gasteiger partial charge in [0, 0.05) is 6.07 Å². The molecule has 19 heavy (non-hydrogen) atoms. The van der Waals surface area contributed by atoms with Crippen LogP contribution in [0.5, 0.6) is 5.88 Å². The molecule has 1 atom stereocenters. The number of alkyl halides is 2. The Balaban J connectivity index is 2.16. The molecule has 0 bridgehead atoms. The van der Waals surface area contributed by atoms with E-state index in [9.17, 15) is 8.78 Å². The average molecular weight is 272 g/mol. The molecule has 1 unspecified atom stereocenters. The Labute approximate surface area is 106 Å². The van der Waals surface area contributed by atoms with Gasteiger partial charge in [-0.25, -0.2) is 18.7 Å². The summed E-state index contributed by atoms with van der Waals surface area (Å²) in [6, 6.07) is 1.47. The number of aromatic nitrogens is 4. The Morgan fingerprint density at radius 1 is 1.42 bits per heavy atom. The van der Waals surface area contributed by atoms with Gasteiger partial charge < -0.3 is 14.4 Å². The Morgan fingerprint density at radius 2 is 2.21 bits per heavy atom. The van der Waals surface area contributed by atoms with Crippen LogP contribution in [0.15, 0.2) is 16.9 Å². The Bertz CT molecular complexity index is 549. The molecule has 0 amide bonds. The molecular weight excluding hydrogens is 262 g/mol. The fourth-order valence-electron chi connectivity index (χ4n) is 1.28. The van der Waals surface area contributed by atoms with Crippen molar-refractivity contribution in [3.05, 3.63) is 18.3 Å². The molecule has 0 saturated carbocycles. The predicted molar refractivity (Wildman–Crippen MR) is 57.6 cm³/mol. The zero-order chi connectivity index (χ0) is 13.8. The second-order valence-corrected chi connectivity index (χ2v) is 3.56. The molecule has 0 aromatic carbocycles. The number of methoxy groups -OCH3 is 1. The van der Waals surface area contributed by atoms with Crippen LogP contribution < -0.4 is 4.74 Å². The zero-order valence-electron chi connectivity index (χ0n) is 9.83. The molecule has 2 rings (SSSR count). The number of ether oxygens (including phenoxy) is 1. The first-order valence-electron chi connectivity index (χ1n) is 5.25. The van der Waals surface area contributed by atoms with Crippen LogP contribution in [0.3, 0.4) is 0 Å². The maximum atomic E-state index is 12.2. The third-order valence-electron chi connectivity index (χ3n) is 2.22. The standard InChI is InChI=1S/C10H10F2N4O3/c1-18-7-2-5(13-4-14-7)10-15-8(19-16-10)3-6(17)9(11)12/h2,4,6,9,17H,3H2,1H3. The quantitative estimate of drug-likeness (QED) is 0.856. The van der Waals surface area contributed by atoms with Crippen LogP contribution in [0.25, 0.3) is 11.5 Å². The summed E-state index contributed by atoms with van der Waals surface area (Å²) < 4.78 is 34.0. The third kappa shape index (κ3) is 3.19. The zero-order valence-corrected chi connectivity index (χ0v) is 9.83. The van der Waals surface area contributed by atoms with E-state index in [4.69, 9.17) is 14.4 Å². The van der Waals surface area contributed by atoms with Gasteiger partial charge in [0.05, 0.1) is 13.5 Å². The number of halogens is 2. The van der Waals surface area contributed by atoms with Crippen LogP contribution in [0.4, 0.5) is 8.78 Å². The second-order valence-electron chi connectivity index (χ2n) is 3.56. The van der Waals surface area contributed by atoms with Gasteiger partial charge in [-0.05, 0) is 0 Å². The molecule has 0 saturated heterocycles. The van der Waals surface area contributed by atoms with Crippen molar-refractivity contribution < 1.29 is 23.1 Å². The third-order valence-corrected chi connectivity index (χ3v) is 2.22. The van der Waals surface area contributed by atoms with Crippen molar-refractivity contribution in [2.45, 2.75) is 19.0 Å². The van der Waals surface area contributed by atoms with E-state index in [1.807, 2.05) is 0 Å². The first-order valence-corrected chi connectivity index (χ1v) is 5.25. The Morgan fingerprint density at radius 3 is 2.89 bits per heavy atom. The molecule has 2 aromatic rings. The summed E-state index contributed by atoms with van der Waals surface area (Å²) in [6.45, 7) is 0. The first-order chi connectivity index (χ1) is 9.10. The average Bonchev–Trinajstić information content (AvgIpc) is 2.87. The van der Waals surface area contributed by atoms with Gasteiger partial charge in [0.2, 0.25) is 17.6 Å². The molecule has 2 aromatic heterocycles. The normalized spacial score (nSPS) is 12.7. The van der Waals surface area contributed by atoms with Gasteiger partial charge in [-0.15, -0.1) is 0 Å². The number of aliphatic hydroxyl groups excluding tert-OH is 1. The fourth-order valence-corrected chi connectivity index (χ4v) is 1.28. The van der Waals surface area contributed by atoms with Crippen LogP contribution in [0, 0.1) is 0 Å². The van der Waals surface area contributed by atoms with Gasteiger partial charge in [0.1, 0.15) is 18.1 Å². The molecule has 0 spiro atoms. The maximum absolute atomic E-state index is 12.2.